The molecule has 0 fully saturated rings. The largest absolute Gasteiger partial charge is 0.497 e. The molecule has 96 valence electrons. The van der Waals surface area contributed by atoms with E-state index < -0.39 is 0 Å². The third-order valence-electron chi connectivity index (χ3n) is 3.15. The molecule has 0 atom stereocenters. The summed E-state index contributed by atoms with van der Waals surface area (Å²) >= 11 is 0. The summed E-state index contributed by atoms with van der Waals surface area (Å²) in [6.07, 6.45) is 4.71. The lowest BCUT2D eigenvalue weighted by Crippen LogP contribution is -2.09. The van der Waals surface area contributed by atoms with E-state index in [1.807, 2.05) is 43.4 Å². The predicted molar refractivity (Wildman–Crippen MR) is 72.0 cm³/mol. The van der Waals surface area contributed by atoms with E-state index in [0.29, 0.717) is 0 Å². The maximum atomic E-state index is 12.4. The zero-order chi connectivity index (χ0) is 13.1. The molecule has 0 aromatic heterocycles. The number of methoxy groups -OCH3 is 1. The first-order valence-electron chi connectivity index (χ1n) is 6.20. The van der Waals surface area contributed by atoms with Crippen molar-refractivity contribution in [3.63, 3.8) is 0 Å². The maximum Gasteiger partial charge on any atom is 0.190 e. The molecule has 0 spiro atoms. The van der Waals surface area contributed by atoms with Gasteiger partial charge in [0.1, 0.15) is 5.75 Å². The minimum absolute atomic E-state index is 0.152. The Morgan fingerprint density at radius 3 is 2.72 bits per heavy atom. The molecule has 0 heterocycles. The van der Waals surface area contributed by atoms with Gasteiger partial charge in [0.2, 0.25) is 0 Å². The van der Waals surface area contributed by atoms with Gasteiger partial charge in [-0.25, -0.2) is 0 Å². The molecule has 1 aromatic rings. The number of ketones is 1. The van der Waals surface area contributed by atoms with Crippen LogP contribution in [0.2, 0.25) is 0 Å². The van der Waals surface area contributed by atoms with Crippen LogP contribution in [0.15, 0.2) is 30.0 Å². The molecule has 1 aromatic carbocycles. The summed E-state index contributed by atoms with van der Waals surface area (Å²) in [5, 5.41) is 0. The summed E-state index contributed by atoms with van der Waals surface area (Å²) in [5.74, 6) is 0.973. The number of Topliss-reactive ketones (excluding diaryl/α,β-unsaturated/α-hetero) is 1. The Morgan fingerprint density at radius 2 is 2.06 bits per heavy atom. The summed E-state index contributed by atoms with van der Waals surface area (Å²) in [5.41, 5.74) is 2.81. The van der Waals surface area contributed by atoms with E-state index in [9.17, 15) is 4.79 Å². The van der Waals surface area contributed by atoms with Gasteiger partial charge in [-0.3, -0.25) is 4.79 Å². The number of aryl methyl sites for hydroxylation is 1. The van der Waals surface area contributed by atoms with Gasteiger partial charge in [0.25, 0.3) is 0 Å². The van der Waals surface area contributed by atoms with Crippen molar-refractivity contribution in [2.24, 2.45) is 0 Å². The van der Waals surface area contributed by atoms with Crippen LogP contribution in [0.3, 0.4) is 0 Å². The lowest BCUT2D eigenvalue weighted by atomic mass is 10.00. The predicted octanol–water partition coefficient (Wildman–Crippen LogP) is 2.66. The number of rotatable bonds is 2. The number of allylic oxidation sites excluding steroid dienone is 1. The standard InChI is InChI=1S/C15H19NO2/c1-16(2)10-12-6-4-5-11-9-13(18-3)7-8-14(11)15(12)17/h7-10H,4-6H2,1-3H3/b12-10+. The van der Waals surface area contributed by atoms with E-state index in [-0.39, 0.29) is 5.78 Å². The van der Waals surface area contributed by atoms with Gasteiger partial charge in [-0.15, -0.1) is 0 Å². The minimum Gasteiger partial charge on any atom is -0.497 e. The molecule has 18 heavy (non-hydrogen) atoms. The fraction of sp³-hybridized carbons (Fsp3) is 0.400. The third kappa shape index (κ3) is 2.55. The SMILES string of the molecule is COc1ccc2c(c1)CCC/C(=C\N(C)C)C2=O. The van der Waals surface area contributed by atoms with Crippen LogP contribution in [0.5, 0.6) is 5.75 Å². The van der Waals surface area contributed by atoms with Gasteiger partial charge in [0, 0.05) is 31.4 Å². The van der Waals surface area contributed by atoms with Crippen LogP contribution in [0.4, 0.5) is 0 Å². The molecule has 0 saturated carbocycles. The Kier molecular flexibility index (Phi) is 3.70. The second-order valence-electron chi connectivity index (χ2n) is 4.82. The number of benzene rings is 1. The highest BCUT2D eigenvalue weighted by molar-refractivity contribution is 6.10. The van der Waals surface area contributed by atoms with E-state index in [0.717, 1.165) is 41.7 Å². The van der Waals surface area contributed by atoms with E-state index in [1.54, 1.807) is 7.11 Å². The molecular formula is C15H19NO2. The van der Waals surface area contributed by atoms with Crippen molar-refractivity contribution in [3.05, 3.63) is 41.1 Å². The van der Waals surface area contributed by atoms with Crippen molar-refractivity contribution >= 4 is 5.78 Å². The summed E-state index contributed by atoms with van der Waals surface area (Å²) in [7, 11) is 5.54. The topological polar surface area (TPSA) is 29.5 Å². The zero-order valence-electron chi connectivity index (χ0n) is 11.2. The first-order valence-corrected chi connectivity index (χ1v) is 6.20. The van der Waals surface area contributed by atoms with Crippen LogP contribution >= 0.6 is 0 Å². The van der Waals surface area contributed by atoms with Gasteiger partial charge in [-0.1, -0.05) is 0 Å². The van der Waals surface area contributed by atoms with Crippen LogP contribution in [0.1, 0.15) is 28.8 Å². The van der Waals surface area contributed by atoms with Gasteiger partial charge in [0.05, 0.1) is 7.11 Å². The average Bonchev–Trinajstić information content (AvgIpc) is 2.49. The monoisotopic (exact) mass is 245 g/mol. The van der Waals surface area contributed by atoms with Crippen molar-refractivity contribution in [3.8, 4) is 5.75 Å². The summed E-state index contributed by atoms with van der Waals surface area (Å²) in [6.45, 7) is 0. The molecule has 1 aliphatic carbocycles. The van der Waals surface area contributed by atoms with Crippen molar-refractivity contribution in [2.75, 3.05) is 21.2 Å². The molecule has 3 heteroatoms. The summed E-state index contributed by atoms with van der Waals surface area (Å²) in [6, 6.07) is 5.71. The Bertz CT molecular complexity index is 489. The van der Waals surface area contributed by atoms with Gasteiger partial charge in [-0.2, -0.15) is 0 Å². The lowest BCUT2D eigenvalue weighted by molar-refractivity contribution is 0.103. The van der Waals surface area contributed by atoms with E-state index in [2.05, 4.69) is 0 Å². The maximum absolute atomic E-state index is 12.4. The Balaban J connectivity index is 2.41. The first kappa shape index (κ1) is 12.7. The second-order valence-corrected chi connectivity index (χ2v) is 4.82. The van der Waals surface area contributed by atoms with E-state index in [4.69, 9.17) is 4.74 Å². The average molecular weight is 245 g/mol. The molecule has 0 bridgehead atoms. The van der Waals surface area contributed by atoms with Crippen molar-refractivity contribution < 1.29 is 9.53 Å². The Labute approximate surface area is 108 Å². The third-order valence-corrected chi connectivity index (χ3v) is 3.15. The molecule has 1 aliphatic rings. The number of hydrogen-bond acceptors (Lipinski definition) is 3. The normalized spacial score (nSPS) is 17.3. The smallest absolute Gasteiger partial charge is 0.190 e. The van der Waals surface area contributed by atoms with Crippen molar-refractivity contribution in [1.82, 2.24) is 4.90 Å². The summed E-state index contributed by atoms with van der Waals surface area (Å²) in [4.78, 5) is 14.4. The highest BCUT2D eigenvalue weighted by Gasteiger charge is 2.20. The van der Waals surface area contributed by atoms with Crippen LogP contribution in [-0.4, -0.2) is 31.9 Å². The van der Waals surface area contributed by atoms with Crippen molar-refractivity contribution in [1.29, 1.82) is 0 Å². The quantitative estimate of drug-likeness (QED) is 0.592. The van der Waals surface area contributed by atoms with Crippen LogP contribution < -0.4 is 4.74 Å². The van der Waals surface area contributed by atoms with Crippen LogP contribution in [-0.2, 0) is 6.42 Å². The number of nitrogens with zero attached hydrogens (tertiary/aromatic N) is 1. The first-order chi connectivity index (χ1) is 8.61. The number of carbonyl (C=O) groups excluding carboxylic acids is 1. The fourth-order valence-corrected chi connectivity index (χ4v) is 2.32. The summed E-state index contributed by atoms with van der Waals surface area (Å²) < 4.78 is 5.21. The highest BCUT2D eigenvalue weighted by atomic mass is 16.5. The molecule has 0 aliphatic heterocycles. The highest BCUT2D eigenvalue weighted by Crippen LogP contribution is 2.27. The number of ether oxygens (including phenoxy) is 1. The molecule has 0 unspecified atom stereocenters. The Morgan fingerprint density at radius 1 is 1.28 bits per heavy atom. The molecule has 2 rings (SSSR count). The van der Waals surface area contributed by atoms with Crippen LogP contribution in [0.25, 0.3) is 0 Å². The van der Waals surface area contributed by atoms with Gasteiger partial charge in [0.15, 0.2) is 5.78 Å². The molecule has 0 N–H and O–H groups in total. The molecule has 3 nitrogen and oxygen atoms in total. The number of carbonyl (C=O) groups is 1. The van der Waals surface area contributed by atoms with Crippen molar-refractivity contribution in [2.45, 2.75) is 19.3 Å². The van der Waals surface area contributed by atoms with E-state index >= 15 is 0 Å². The molecule has 0 radical (unpaired) electrons. The number of fused-ring (bicyclic) bond motifs is 1. The molecular weight excluding hydrogens is 226 g/mol. The lowest BCUT2D eigenvalue weighted by Gasteiger charge is -2.10. The van der Waals surface area contributed by atoms with Gasteiger partial charge < -0.3 is 9.64 Å². The van der Waals surface area contributed by atoms with Crippen LogP contribution in [0, 0.1) is 0 Å². The van der Waals surface area contributed by atoms with E-state index in [1.165, 1.54) is 0 Å². The molecule has 0 saturated heterocycles. The number of hydrogen-bond donors (Lipinski definition) is 0. The van der Waals surface area contributed by atoms with Gasteiger partial charge in [-0.05, 0) is 43.0 Å². The Hall–Kier alpha value is -1.77. The minimum atomic E-state index is 0.152. The zero-order valence-corrected chi connectivity index (χ0v) is 11.2. The fourth-order valence-electron chi connectivity index (χ4n) is 2.32. The second kappa shape index (κ2) is 5.25. The molecule has 0 amide bonds. The van der Waals surface area contributed by atoms with Gasteiger partial charge >= 0.3 is 0 Å².